The highest BCUT2D eigenvalue weighted by Gasteiger charge is 2.39. The van der Waals surface area contributed by atoms with Crippen LogP contribution in [-0.4, -0.2) is 16.0 Å². The standard InChI is InChI=1S/C11H13BrN2OS/c1-6(12)10(15)14-11-8(5-13)7-3-2-4-9(7)16-11/h6-7,9H,2-4H2,1H3,(H,14,15)/t6-,7-,9-/m1/s1. The molecule has 1 amide bonds. The summed E-state index contributed by atoms with van der Waals surface area (Å²) in [5.41, 5.74) is 0.786. The van der Waals surface area contributed by atoms with Gasteiger partial charge < -0.3 is 5.32 Å². The Morgan fingerprint density at radius 1 is 1.69 bits per heavy atom. The summed E-state index contributed by atoms with van der Waals surface area (Å²) in [7, 11) is 0. The van der Waals surface area contributed by atoms with E-state index < -0.39 is 0 Å². The van der Waals surface area contributed by atoms with Gasteiger partial charge in [-0.25, -0.2) is 0 Å². The monoisotopic (exact) mass is 300 g/mol. The zero-order valence-electron chi connectivity index (χ0n) is 9.00. The van der Waals surface area contributed by atoms with Gasteiger partial charge in [0.25, 0.3) is 0 Å². The van der Waals surface area contributed by atoms with E-state index in [4.69, 9.17) is 5.26 Å². The van der Waals surface area contributed by atoms with E-state index in [9.17, 15) is 4.79 Å². The van der Waals surface area contributed by atoms with Crippen molar-refractivity contribution in [2.75, 3.05) is 0 Å². The number of halogens is 1. The lowest BCUT2D eigenvalue weighted by molar-refractivity contribution is -0.119. The minimum Gasteiger partial charge on any atom is -0.319 e. The molecule has 0 spiro atoms. The first-order valence-corrected chi connectivity index (χ1v) is 7.19. The molecule has 1 heterocycles. The molecule has 1 aliphatic carbocycles. The Morgan fingerprint density at radius 2 is 2.44 bits per heavy atom. The fourth-order valence-corrected chi connectivity index (χ4v) is 3.84. The lowest BCUT2D eigenvalue weighted by Gasteiger charge is -2.08. The van der Waals surface area contributed by atoms with E-state index in [2.05, 4.69) is 27.3 Å². The van der Waals surface area contributed by atoms with Gasteiger partial charge in [-0.1, -0.05) is 22.4 Å². The van der Waals surface area contributed by atoms with E-state index in [-0.39, 0.29) is 10.7 Å². The van der Waals surface area contributed by atoms with Crippen LogP contribution in [-0.2, 0) is 4.79 Å². The minimum atomic E-state index is -0.221. The number of amides is 1. The first-order valence-electron chi connectivity index (χ1n) is 5.39. The molecule has 1 aliphatic heterocycles. The molecule has 1 saturated carbocycles. The van der Waals surface area contributed by atoms with E-state index >= 15 is 0 Å². The van der Waals surface area contributed by atoms with Gasteiger partial charge in [0.1, 0.15) is 0 Å². The van der Waals surface area contributed by atoms with E-state index in [0.717, 1.165) is 23.4 Å². The third kappa shape index (κ3) is 2.14. The molecular formula is C11H13BrN2OS. The molecule has 0 saturated heterocycles. The van der Waals surface area contributed by atoms with Gasteiger partial charge in [-0.2, -0.15) is 5.26 Å². The van der Waals surface area contributed by atoms with Crippen LogP contribution in [0.4, 0.5) is 0 Å². The normalized spacial score (nSPS) is 29.8. The van der Waals surface area contributed by atoms with Crippen molar-refractivity contribution in [3.05, 3.63) is 10.6 Å². The molecule has 3 nitrogen and oxygen atoms in total. The SMILES string of the molecule is C[C@@H](Br)C(=O)NC1=C(C#N)[C@H]2CCC[C@H]2S1. The van der Waals surface area contributed by atoms with E-state index in [1.165, 1.54) is 6.42 Å². The number of allylic oxidation sites excluding steroid dienone is 1. The quantitative estimate of drug-likeness (QED) is 0.797. The summed E-state index contributed by atoms with van der Waals surface area (Å²) in [6.07, 6.45) is 3.44. The fraction of sp³-hybridized carbons (Fsp3) is 0.636. The van der Waals surface area contributed by atoms with Crippen molar-refractivity contribution in [1.82, 2.24) is 5.32 Å². The highest BCUT2D eigenvalue weighted by Crippen LogP contribution is 2.49. The third-order valence-electron chi connectivity index (χ3n) is 3.06. The van der Waals surface area contributed by atoms with Crippen LogP contribution >= 0.6 is 27.7 Å². The Kier molecular flexibility index (Phi) is 3.60. The molecule has 0 aromatic rings. The smallest absolute Gasteiger partial charge is 0.238 e. The molecule has 0 unspecified atom stereocenters. The molecule has 0 aromatic heterocycles. The number of carbonyl (C=O) groups excluding carboxylic acids is 1. The summed E-state index contributed by atoms with van der Waals surface area (Å²) in [6, 6.07) is 2.26. The van der Waals surface area contributed by atoms with Gasteiger partial charge in [0, 0.05) is 11.2 Å². The van der Waals surface area contributed by atoms with Gasteiger partial charge in [-0.15, -0.1) is 11.8 Å². The predicted octanol–water partition coefficient (Wildman–Crippen LogP) is 2.54. The number of nitrogens with one attached hydrogen (secondary N) is 1. The van der Waals surface area contributed by atoms with Crippen LogP contribution in [0.25, 0.3) is 0 Å². The van der Waals surface area contributed by atoms with Crippen molar-refractivity contribution < 1.29 is 4.79 Å². The maximum absolute atomic E-state index is 11.6. The van der Waals surface area contributed by atoms with Crippen molar-refractivity contribution in [1.29, 1.82) is 5.26 Å². The van der Waals surface area contributed by atoms with E-state index in [1.54, 1.807) is 18.7 Å². The third-order valence-corrected chi connectivity index (χ3v) is 4.90. The Labute approximate surface area is 108 Å². The van der Waals surface area contributed by atoms with Crippen molar-refractivity contribution in [2.45, 2.75) is 36.3 Å². The molecule has 5 heteroatoms. The predicted molar refractivity (Wildman–Crippen MR) is 67.9 cm³/mol. The van der Waals surface area contributed by atoms with Crippen LogP contribution in [0.3, 0.4) is 0 Å². The highest BCUT2D eigenvalue weighted by atomic mass is 79.9. The van der Waals surface area contributed by atoms with Gasteiger partial charge in [-0.3, -0.25) is 4.79 Å². The van der Waals surface area contributed by atoms with Crippen molar-refractivity contribution in [3.63, 3.8) is 0 Å². The van der Waals surface area contributed by atoms with Crippen LogP contribution in [0, 0.1) is 17.2 Å². The molecule has 86 valence electrons. The Balaban J connectivity index is 2.14. The fourth-order valence-electron chi connectivity index (χ4n) is 2.22. The maximum atomic E-state index is 11.6. The zero-order chi connectivity index (χ0) is 11.7. The van der Waals surface area contributed by atoms with Gasteiger partial charge in [0.15, 0.2) is 0 Å². The number of thioether (sulfide) groups is 1. The molecule has 2 rings (SSSR count). The molecular weight excluding hydrogens is 288 g/mol. The van der Waals surface area contributed by atoms with E-state index in [1.807, 2.05) is 0 Å². The molecule has 2 aliphatic rings. The number of carbonyl (C=O) groups is 1. The zero-order valence-corrected chi connectivity index (χ0v) is 11.4. The average molecular weight is 301 g/mol. The number of hydrogen-bond donors (Lipinski definition) is 1. The van der Waals surface area contributed by atoms with Crippen molar-refractivity contribution in [2.24, 2.45) is 5.92 Å². The summed E-state index contributed by atoms with van der Waals surface area (Å²) in [6.45, 7) is 1.78. The first kappa shape index (κ1) is 12.0. The number of nitrogens with zero attached hydrogens (tertiary/aromatic N) is 1. The van der Waals surface area contributed by atoms with Crippen LogP contribution < -0.4 is 5.32 Å². The number of nitriles is 1. The second-order valence-corrected chi connectivity index (χ2v) is 6.78. The molecule has 1 N–H and O–H groups in total. The highest BCUT2D eigenvalue weighted by molar-refractivity contribution is 9.10. The largest absolute Gasteiger partial charge is 0.319 e. The number of fused-ring (bicyclic) bond motifs is 1. The van der Waals surface area contributed by atoms with Crippen LogP contribution in [0.5, 0.6) is 0 Å². The second-order valence-electron chi connectivity index (χ2n) is 4.15. The van der Waals surface area contributed by atoms with Gasteiger partial charge in [-0.05, 0) is 19.8 Å². The van der Waals surface area contributed by atoms with Crippen molar-refractivity contribution in [3.8, 4) is 6.07 Å². The molecule has 0 radical (unpaired) electrons. The van der Waals surface area contributed by atoms with E-state index in [0.29, 0.717) is 11.2 Å². The Hall–Kier alpha value is -0.470. The summed E-state index contributed by atoms with van der Waals surface area (Å²) in [5, 5.41) is 13.3. The Morgan fingerprint density at radius 3 is 3.06 bits per heavy atom. The van der Waals surface area contributed by atoms with Gasteiger partial charge >= 0.3 is 0 Å². The lowest BCUT2D eigenvalue weighted by Crippen LogP contribution is -2.28. The minimum absolute atomic E-state index is 0.0739. The molecule has 0 bridgehead atoms. The van der Waals surface area contributed by atoms with Crippen LogP contribution in [0.1, 0.15) is 26.2 Å². The molecule has 3 atom stereocenters. The topological polar surface area (TPSA) is 52.9 Å². The van der Waals surface area contributed by atoms with Gasteiger partial charge in [0.05, 0.1) is 21.5 Å². The number of hydrogen-bond acceptors (Lipinski definition) is 3. The average Bonchev–Trinajstić information content (AvgIpc) is 2.77. The summed E-state index contributed by atoms with van der Waals surface area (Å²) in [4.78, 5) is 11.3. The molecule has 1 fully saturated rings. The first-order chi connectivity index (χ1) is 7.63. The summed E-state index contributed by atoms with van der Waals surface area (Å²) < 4.78 is 0. The molecule has 0 aromatic carbocycles. The summed E-state index contributed by atoms with van der Waals surface area (Å²) in [5.74, 6) is 0.297. The van der Waals surface area contributed by atoms with Gasteiger partial charge in [0.2, 0.25) is 5.91 Å². The Bertz CT molecular complexity index is 386. The van der Waals surface area contributed by atoms with Crippen molar-refractivity contribution >= 4 is 33.6 Å². The maximum Gasteiger partial charge on any atom is 0.238 e. The number of rotatable bonds is 2. The van der Waals surface area contributed by atoms with Crippen LogP contribution in [0.15, 0.2) is 10.6 Å². The van der Waals surface area contributed by atoms with Crippen LogP contribution in [0.2, 0.25) is 0 Å². The number of alkyl halides is 1. The molecule has 16 heavy (non-hydrogen) atoms. The second kappa shape index (κ2) is 4.80. The lowest BCUT2D eigenvalue weighted by atomic mass is 9.99. The summed E-state index contributed by atoms with van der Waals surface area (Å²) >= 11 is 4.89.